The third kappa shape index (κ3) is 3.13. The molecule has 1 N–H and O–H groups in total. The Balaban J connectivity index is 1.76. The molecule has 0 bridgehead atoms. The van der Waals surface area contributed by atoms with Crippen LogP contribution in [-0.4, -0.2) is 26.7 Å². The van der Waals surface area contributed by atoms with Crippen molar-refractivity contribution in [3.63, 3.8) is 0 Å². The molecule has 0 fully saturated rings. The molecule has 0 unspecified atom stereocenters. The van der Waals surface area contributed by atoms with Crippen LogP contribution < -0.4 is 5.32 Å². The van der Waals surface area contributed by atoms with Crippen LogP contribution in [0.15, 0.2) is 41.2 Å². The summed E-state index contributed by atoms with van der Waals surface area (Å²) in [6, 6.07) is 5.96. The number of nitrogens with zero attached hydrogens (tertiary/aromatic N) is 3. The van der Waals surface area contributed by atoms with Gasteiger partial charge in [0.15, 0.2) is 11.7 Å². The van der Waals surface area contributed by atoms with Crippen LogP contribution in [0.2, 0.25) is 0 Å². The summed E-state index contributed by atoms with van der Waals surface area (Å²) in [7, 11) is 0. The Labute approximate surface area is 124 Å². The first-order chi connectivity index (χ1) is 10.0. The van der Waals surface area contributed by atoms with Crippen LogP contribution in [0.25, 0.3) is 16.8 Å². The lowest BCUT2D eigenvalue weighted by atomic mass is 10.1. The van der Waals surface area contributed by atoms with Crippen molar-refractivity contribution in [2.45, 2.75) is 32.7 Å². The van der Waals surface area contributed by atoms with Crippen molar-refractivity contribution in [3.05, 3.63) is 42.7 Å². The molecular formula is C16H20N4O. The molecule has 0 atom stereocenters. The highest BCUT2D eigenvalue weighted by Crippen LogP contribution is 2.25. The van der Waals surface area contributed by atoms with Crippen molar-refractivity contribution in [1.82, 2.24) is 19.9 Å². The molecular weight excluding hydrogens is 264 g/mol. The van der Waals surface area contributed by atoms with Crippen molar-refractivity contribution in [2.24, 2.45) is 0 Å². The van der Waals surface area contributed by atoms with Crippen LogP contribution >= 0.6 is 0 Å². The van der Waals surface area contributed by atoms with E-state index in [0.29, 0.717) is 0 Å². The van der Waals surface area contributed by atoms with Crippen molar-refractivity contribution >= 4 is 5.52 Å². The third-order valence-electron chi connectivity index (χ3n) is 3.24. The highest BCUT2D eigenvalue weighted by molar-refractivity contribution is 5.76. The second-order valence-corrected chi connectivity index (χ2v) is 6.13. The minimum atomic E-state index is 0.109. The van der Waals surface area contributed by atoms with Crippen LogP contribution in [-0.2, 0) is 6.42 Å². The summed E-state index contributed by atoms with van der Waals surface area (Å²) in [5.41, 5.74) is 2.10. The zero-order chi connectivity index (χ0) is 14.9. The molecule has 0 spiro atoms. The van der Waals surface area contributed by atoms with E-state index in [0.717, 1.165) is 35.7 Å². The molecule has 0 saturated heterocycles. The second kappa shape index (κ2) is 5.33. The van der Waals surface area contributed by atoms with Crippen LogP contribution in [0, 0.1) is 0 Å². The molecule has 110 valence electrons. The summed E-state index contributed by atoms with van der Waals surface area (Å²) in [6.45, 7) is 7.28. The SMILES string of the molecule is CC(C)(C)NCCc1ncc(-c2cnn3ccccc23)o1. The van der Waals surface area contributed by atoms with Crippen molar-refractivity contribution < 1.29 is 4.42 Å². The van der Waals surface area contributed by atoms with E-state index in [2.05, 4.69) is 36.2 Å². The zero-order valence-corrected chi connectivity index (χ0v) is 12.6. The summed E-state index contributed by atoms with van der Waals surface area (Å²) < 4.78 is 7.68. The van der Waals surface area contributed by atoms with E-state index in [1.165, 1.54) is 0 Å². The number of nitrogens with one attached hydrogen (secondary N) is 1. The first kappa shape index (κ1) is 13.8. The zero-order valence-electron chi connectivity index (χ0n) is 12.6. The maximum absolute atomic E-state index is 5.85. The number of aromatic nitrogens is 3. The van der Waals surface area contributed by atoms with Gasteiger partial charge in [-0.2, -0.15) is 5.10 Å². The minimum Gasteiger partial charge on any atom is -0.441 e. The smallest absolute Gasteiger partial charge is 0.196 e. The molecule has 0 aliphatic heterocycles. The molecule has 0 aliphatic rings. The number of oxazole rings is 1. The Kier molecular flexibility index (Phi) is 3.51. The standard InChI is InChI=1S/C16H20N4O/c1-16(2,3)18-8-7-15-17-11-14(21-15)12-10-19-20-9-5-4-6-13(12)20/h4-6,9-11,18H,7-8H2,1-3H3. The summed E-state index contributed by atoms with van der Waals surface area (Å²) in [5.74, 6) is 1.51. The minimum absolute atomic E-state index is 0.109. The van der Waals surface area contributed by atoms with E-state index in [9.17, 15) is 0 Å². The highest BCUT2D eigenvalue weighted by atomic mass is 16.4. The predicted octanol–water partition coefficient (Wildman–Crippen LogP) is 2.92. The first-order valence-corrected chi connectivity index (χ1v) is 7.15. The van der Waals surface area contributed by atoms with E-state index in [4.69, 9.17) is 4.42 Å². The van der Waals surface area contributed by atoms with Gasteiger partial charge in [-0.3, -0.25) is 0 Å². The van der Waals surface area contributed by atoms with Gasteiger partial charge in [0.2, 0.25) is 0 Å². The fraction of sp³-hybridized carbons (Fsp3) is 0.375. The molecule has 5 nitrogen and oxygen atoms in total. The van der Waals surface area contributed by atoms with Gasteiger partial charge in [0.05, 0.1) is 23.5 Å². The fourth-order valence-corrected chi connectivity index (χ4v) is 2.22. The Morgan fingerprint density at radius 2 is 2.10 bits per heavy atom. The molecule has 3 aromatic rings. The number of pyridine rings is 1. The topological polar surface area (TPSA) is 55.4 Å². The second-order valence-electron chi connectivity index (χ2n) is 6.13. The highest BCUT2D eigenvalue weighted by Gasteiger charge is 2.13. The number of hydrogen-bond donors (Lipinski definition) is 1. The summed E-state index contributed by atoms with van der Waals surface area (Å²) >= 11 is 0. The van der Waals surface area contributed by atoms with Gasteiger partial charge in [0.1, 0.15) is 0 Å². The van der Waals surface area contributed by atoms with Gasteiger partial charge in [-0.1, -0.05) is 6.07 Å². The normalized spacial score (nSPS) is 12.1. The van der Waals surface area contributed by atoms with Crippen molar-refractivity contribution in [3.8, 4) is 11.3 Å². The molecule has 0 aromatic carbocycles. The Morgan fingerprint density at radius 3 is 2.90 bits per heavy atom. The lowest BCUT2D eigenvalue weighted by molar-refractivity contribution is 0.412. The van der Waals surface area contributed by atoms with E-state index in [1.807, 2.05) is 35.1 Å². The molecule has 21 heavy (non-hydrogen) atoms. The largest absolute Gasteiger partial charge is 0.441 e. The van der Waals surface area contributed by atoms with Gasteiger partial charge >= 0.3 is 0 Å². The molecule has 3 rings (SSSR count). The van der Waals surface area contributed by atoms with E-state index >= 15 is 0 Å². The van der Waals surface area contributed by atoms with Gasteiger partial charge < -0.3 is 9.73 Å². The maximum Gasteiger partial charge on any atom is 0.196 e. The lowest BCUT2D eigenvalue weighted by Gasteiger charge is -2.19. The van der Waals surface area contributed by atoms with E-state index in [1.54, 1.807) is 6.20 Å². The van der Waals surface area contributed by atoms with Gasteiger partial charge in [-0.25, -0.2) is 9.50 Å². The Morgan fingerprint density at radius 1 is 1.24 bits per heavy atom. The van der Waals surface area contributed by atoms with Crippen molar-refractivity contribution in [2.75, 3.05) is 6.54 Å². The summed E-state index contributed by atoms with van der Waals surface area (Å²) in [5, 5.41) is 7.74. The van der Waals surface area contributed by atoms with Gasteiger partial charge in [0.25, 0.3) is 0 Å². The summed E-state index contributed by atoms with van der Waals surface area (Å²) in [6.07, 6.45) is 6.28. The predicted molar refractivity (Wildman–Crippen MR) is 82.1 cm³/mol. The number of fused-ring (bicyclic) bond motifs is 1. The Bertz CT molecular complexity index is 736. The maximum atomic E-state index is 5.85. The fourth-order valence-electron chi connectivity index (χ4n) is 2.22. The van der Waals surface area contributed by atoms with Gasteiger partial charge in [-0.15, -0.1) is 0 Å². The molecule has 0 amide bonds. The first-order valence-electron chi connectivity index (χ1n) is 7.15. The number of rotatable bonds is 4. The average molecular weight is 284 g/mol. The molecule has 0 saturated carbocycles. The van der Waals surface area contributed by atoms with Crippen LogP contribution in [0.3, 0.4) is 0 Å². The third-order valence-corrected chi connectivity index (χ3v) is 3.24. The monoisotopic (exact) mass is 284 g/mol. The lowest BCUT2D eigenvalue weighted by Crippen LogP contribution is -2.37. The summed E-state index contributed by atoms with van der Waals surface area (Å²) in [4.78, 5) is 4.35. The molecule has 5 heteroatoms. The van der Waals surface area contributed by atoms with Crippen molar-refractivity contribution in [1.29, 1.82) is 0 Å². The quantitative estimate of drug-likeness (QED) is 0.800. The van der Waals surface area contributed by atoms with Crippen LogP contribution in [0.4, 0.5) is 0 Å². The van der Waals surface area contributed by atoms with Crippen LogP contribution in [0.5, 0.6) is 0 Å². The molecule has 0 aliphatic carbocycles. The molecule has 0 radical (unpaired) electrons. The van der Waals surface area contributed by atoms with E-state index < -0.39 is 0 Å². The Hall–Kier alpha value is -2.14. The van der Waals surface area contributed by atoms with Crippen LogP contribution in [0.1, 0.15) is 26.7 Å². The number of hydrogen-bond acceptors (Lipinski definition) is 4. The van der Waals surface area contributed by atoms with Gasteiger partial charge in [-0.05, 0) is 32.9 Å². The average Bonchev–Trinajstić information content (AvgIpc) is 3.03. The van der Waals surface area contributed by atoms with Gasteiger partial charge in [0, 0.05) is 24.7 Å². The molecule has 3 heterocycles. The van der Waals surface area contributed by atoms with E-state index in [-0.39, 0.29) is 5.54 Å². The molecule has 3 aromatic heterocycles.